The third kappa shape index (κ3) is 2.51. The van der Waals surface area contributed by atoms with E-state index in [-0.39, 0.29) is 6.54 Å². The van der Waals surface area contributed by atoms with Gasteiger partial charge in [0.25, 0.3) is 10.2 Å². The predicted molar refractivity (Wildman–Crippen MR) is 48.0 cm³/mol. The van der Waals surface area contributed by atoms with Crippen LogP contribution in [0.4, 0.5) is 0 Å². The van der Waals surface area contributed by atoms with E-state index in [0.29, 0.717) is 5.82 Å². The zero-order valence-electron chi connectivity index (χ0n) is 7.48. The molecule has 0 saturated heterocycles. The normalized spacial score (nSPS) is 12.2. The Morgan fingerprint density at radius 3 is 2.85 bits per heavy atom. The minimum absolute atomic E-state index is 0.232. The number of rotatable bonds is 4. The molecule has 0 spiro atoms. The second-order valence-corrected chi connectivity index (χ2v) is 4.48. The molecule has 0 aliphatic rings. The Kier molecular flexibility index (Phi) is 3.02. The van der Waals surface area contributed by atoms with Crippen LogP contribution >= 0.6 is 0 Å². The van der Waals surface area contributed by atoms with E-state index in [2.05, 4.69) is 14.7 Å². The molecule has 13 heavy (non-hydrogen) atoms. The Bertz CT molecular complexity index is 345. The summed E-state index contributed by atoms with van der Waals surface area (Å²) in [4.78, 5) is 6.73. The van der Waals surface area contributed by atoms with Crippen LogP contribution < -0.4 is 4.72 Å². The lowest BCUT2D eigenvalue weighted by Gasteiger charge is -2.13. The largest absolute Gasteiger partial charge is 0.347 e. The summed E-state index contributed by atoms with van der Waals surface area (Å²) in [6.45, 7) is 0.232. The Balaban J connectivity index is 2.66. The van der Waals surface area contributed by atoms with E-state index in [1.807, 2.05) is 0 Å². The second-order valence-electron chi connectivity index (χ2n) is 2.50. The van der Waals surface area contributed by atoms with Crippen LogP contribution in [-0.4, -0.2) is 36.8 Å². The molecule has 1 aromatic rings. The first-order chi connectivity index (χ1) is 6.06. The fourth-order valence-corrected chi connectivity index (χ4v) is 1.44. The third-order valence-electron chi connectivity index (χ3n) is 1.60. The smallest absolute Gasteiger partial charge is 0.279 e. The number of hydrogen-bond acceptors (Lipinski definition) is 3. The van der Waals surface area contributed by atoms with Gasteiger partial charge in [-0.15, -0.1) is 0 Å². The topological polar surface area (TPSA) is 78.1 Å². The SMILES string of the molecule is CNS(=O)(=O)N(C)Cc1ncc[nH]1. The zero-order valence-corrected chi connectivity index (χ0v) is 8.30. The highest BCUT2D eigenvalue weighted by molar-refractivity contribution is 7.87. The fourth-order valence-electron chi connectivity index (χ4n) is 0.836. The lowest BCUT2D eigenvalue weighted by molar-refractivity contribution is 0.451. The van der Waals surface area contributed by atoms with E-state index in [9.17, 15) is 8.42 Å². The highest BCUT2D eigenvalue weighted by Gasteiger charge is 2.15. The van der Waals surface area contributed by atoms with Crippen molar-refractivity contribution in [3.8, 4) is 0 Å². The predicted octanol–water partition coefficient (Wildman–Crippen LogP) is -0.694. The number of nitrogens with zero attached hydrogens (tertiary/aromatic N) is 2. The number of nitrogens with one attached hydrogen (secondary N) is 2. The molecule has 1 heterocycles. The Morgan fingerprint density at radius 2 is 2.38 bits per heavy atom. The lowest BCUT2D eigenvalue weighted by atomic mass is 10.6. The first-order valence-electron chi connectivity index (χ1n) is 3.69. The van der Waals surface area contributed by atoms with Gasteiger partial charge in [0.05, 0.1) is 6.54 Å². The standard InChI is InChI=1S/C6H12N4O2S/c1-7-13(11,12)10(2)5-6-8-3-4-9-6/h3-4,7H,5H2,1-2H3,(H,8,9). The van der Waals surface area contributed by atoms with Gasteiger partial charge >= 0.3 is 0 Å². The summed E-state index contributed by atoms with van der Waals surface area (Å²) in [5.74, 6) is 0.612. The van der Waals surface area contributed by atoms with E-state index in [1.54, 1.807) is 12.4 Å². The molecule has 0 amide bonds. The van der Waals surface area contributed by atoms with Crippen LogP contribution in [0.1, 0.15) is 5.82 Å². The second kappa shape index (κ2) is 3.86. The summed E-state index contributed by atoms with van der Waals surface area (Å²) >= 11 is 0. The molecule has 0 unspecified atom stereocenters. The maximum Gasteiger partial charge on any atom is 0.279 e. The van der Waals surface area contributed by atoms with Gasteiger partial charge in [0.2, 0.25) is 0 Å². The minimum atomic E-state index is -3.35. The molecule has 0 aliphatic carbocycles. The first kappa shape index (κ1) is 10.2. The van der Waals surface area contributed by atoms with Crippen LogP contribution in [0.2, 0.25) is 0 Å². The molecular formula is C6H12N4O2S. The molecule has 0 saturated carbocycles. The Hall–Kier alpha value is -0.920. The van der Waals surface area contributed by atoms with Crippen LogP contribution in [0.15, 0.2) is 12.4 Å². The van der Waals surface area contributed by atoms with Gasteiger partial charge < -0.3 is 4.98 Å². The van der Waals surface area contributed by atoms with E-state index in [4.69, 9.17) is 0 Å². The fraction of sp³-hybridized carbons (Fsp3) is 0.500. The van der Waals surface area contributed by atoms with Crippen molar-refractivity contribution < 1.29 is 8.42 Å². The van der Waals surface area contributed by atoms with Gasteiger partial charge in [0, 0.05) is 26.5 Å². The summed E-state index contributed by atoms with van der Waals surface area (Å²) in [6, 6.07) is 0. The van der Waals surface area contributed by atoms with Crippen molar-refractivity contribution in [3.05, 3.63) is 18.2 Å². The summed E-state index contributed by atoms with van der Waals surface area (Å²) in [5.41, 5.74) is 0. The molecule has 0 aromatic carbocycles. The van der Waals surface area contributed by atoms with Crippen LogP contribution in [0, 0.1) is 0 Å². The number of aromatic nitrogens is 2. The van der Waals surface area contributed by atoms with Gasteiger partial charge in [-0.1, -0.05) is 0 Å². The van der Waals surface area contributed by atoms with E-state index in [0.717, 1.165) is 0 Å². The molecule has 0 atom stereocenters. The molecular weight excluding hydrogens is 192 g/mol. The number of hydrogen-bond donors (Lipinski definition) is 2. The maximum atomic E-state index is 11.2. The average molecular weight is 204 g/mol. The molecule has 74 valence electrons. The van der Waals surface area contributed by atoms with Crippen molar-refractivity contribution in [2.75, 3.05) is 14.1 Å². The number of H-pyrrole nitrogens is 1. The van der Waals surface area contributed by atoms with Crippen LogP contribution in [0.5, 0.6) is 0 Å². The third-order valence-corrected chi connectivity index (χ3v) is 3.06. The van der Waals surface area contributed by atoms with Gasteiger partial charge in [0.1, 0.15) is 5.82 Å². The molecule has 0 aliphatic heterocycles. The first-order valence-corrected chi connectivity index (χ1v) is 5.13. The molecule has 7 heteroatoms. The number of aromatic amines is 1. The molecule has 1 aromatic heterocycles. The zero-order chi connectivity index (χ0) is 9.90. The Labute approximate surface area is 77.2 Å². The van der Waals surface area contributed by atoms with Gasteiger partial charge in [-0.3, -0.25) is 0 Å². The average Bonchev–Trinajstić information content (AvgIpc) is 2.57. The van der Waals surface area contributed by atoms with Crippen molar-refractivity contribution in [1.82, 2.24) is 19.0 Å². The minimum Gasteiger partial charge on any atom is -0.347 e. The summed E-state index contributed by atoms with van der Waals surface area (Å²) in [6.07, 6.45) is 3.23. The molecule has 1 rings (SSSR count). The molecule has 2 N–H and O–H groups in total. The lowest BCUT2D eigenvalue weighted by Crippen LogP contribution is -2.35. The summed E-state index contributed by atoms with van der Waals surface area (Å²) in [7, 11) is -0.501. The van der Waals surface area contributed by atoms with Crippen LogP contribution in [0.25, 0.3) is 0 Å². The van der Waals surface area contributed by atoms with E-state index >= 15 is 0 Å². The highest BCUT2D eigenvalue weighted by atomic mass is 32.2. The Morgan fingerprint density at radius 1 is 1.69 bits per heavy atom. The molecule has 6 nitrogen and oxygen atoms in total. The van der Waals surface area contributed by atoms with Crippen LogP contribution in [0.3, 0.4) is 0 Å². The van der Waals surface area contributed by atoms with E-state index in [1.165, 1.54) is 18.4 Å². The summed E-state index contributed by atoms with van der Waals surface area (Å²) < 4.78 is 25.8. The summed E-state index contributed by atoms with van der Waals surface area (Å²) in [5, 5.41) is 0. The van der Waals surface area contributed by atoms with Crippen molar-refractivity contribution in [2.24, 2.45) is 0 Å². The van der Waals surface area contributed by atoms with Gasteiger partial charge in [0.15, 0.2) is 0 Å². The highest BCUT2D eigenvalue weighted by Crippen LogP contribution is 1.99. The van der Waals surface area contributed by atoms with Gasteiger partial charge in [-0.05, 0) is 0 Å². The van der Waals surface area contributed by atoms with Crippen LogP contribution in [-0.2, 0) is 16.8 Å². The molecule has 0 radical (unpaired) electrons. The van der Waals surface area contributed by atoms with Crippen molar-refractivity contribution in [2.45, 2.75) is 6.54 Å². The van der Waals surface area contributed by atoms with Gasteiger partial charge in [-0.25, -0.2) is 9.71 Å². The maximum absolute atomic E-state index is 11.2. The quantitative estimate of drug-likeness (QED) is 0.681. The van der Waals surface area contributed by atoms with Gasteiger partial charge in [-0.2, -0.15) is 12.7 Å². The monoisotopic (exact) mass is 204 g/mol. The molecule has 0 fully saturated rings. The van der Waals surface area contributed by atoms with Crippen molar-refractivity contribution in [3.63, 3.8) is 0 Å². The van der Waals surface area contributed by atoms with Crippen molar-refractivity contribution in [1.29, 1.82) is 0 Å². The van der Waals surface area contributed by atoms with E-state index < -0.39 is 10.2 Å². The van der Waals surface area contributed by atoms with Crippen molar-refractivity contribution >= 4 is 10.2 Å². The molecule has 0 bridgehead atoms. The number of imidazole rings is 1.